The maximum Gasteiger partial charge on any atom is 0.191 e. The summed E-state index contributed by atoms with van der Waals surface area (Å²) in [4.78, 5) is 6.71. The zero-order valence-electron chi connectivity index (χ0n) is 16.4. The Bertz CT molecular complexity index is 770. The molecule has 3 N–H and O–H groups in total. The molecule has 1 aliphatic heterocycles. The Balaban J connectivity index is 0.00000280. The van der Waals surface area contributed by atoms with Crippen molar-refractivity contribution in [2.75, 3.05) is 38.7 Å². The van der Waals surface area contributed by atoms with Gasteiger partial charge in [-0.05, 0) is 36.6 Å². The van der Waals surface area contributed by atoms with E-state index < -0.39 is 0 Å². The molecule has 0 aromatic heterocycles. The van der Waals surface area contributed by atoms with E-state index in [0.717, 1.165) is 31.0 Å². The molecule has 0 bridgehead atoms. The molecule has 152 valence electrons. The van der Waals surface area contributed by atoms with Gasteiger partial charge in [-0.3, -0.25) is 4.99 Å². The molecule has 1 saturated heterocycles. The molecule has 3 rings (SSSR count). The second-order valence-electron chi connectivity index (χ2n) is 6.66. The number of anilines is 1. The van der Waals surface area contributed by atoms with E-state index in [1.807, 2.05) is 18.2 Å². The average molecular weight is 496 g/mol. The summed E-state index contributed by atoms with van der Waals surface area (Å²) in [6.45, 7) is 2.69. The number of methoxy groups -OCH3 is 1. The van der Waals surface area contributed by atoms with Crippen molar-refractivity contribution < 1.29 is 9.84 Å². The summed E-state index contributed by atoms with van der Waals surface area (Å²) in [6.07, 6.45) is 1.78. The number of nitrogens with zero attached hydrogens (tertiary/aromatic N) is 2. The zero-order chi connectivity index (χ0) is 19.1. The molecule has 28 heavy (non-hydrogen) atoms. The number of phenolic OH excluding ortho intramolecular Hbond substituents is 1. The quantitative estimate of drug-likeness (QED) is 0.326. The lowest BCUT2D eigenvalue weighted by Gasteiger charge is -2.20. The van der Waals surface area contributed by atoms with Crippen LogP contribution in [-0.2, 0) is 6.42 Å². The van der Waals surface area contributed by atoms with E-state index in [2.05, 4.69) is 44.8 Å². The van der Waals surface area contributed by atoms with Crippen LogP contribution in [0, 0.1) is 0 Å². The van der Waals surface area contributed by atoms with Crippen molar-refractivity contribution >= 4 is 35.6 Å². The highest BCUT2D eigenvalue weighted by Crippen LogP contribution is 2.23. The summed E-state index contributed by atoms with van der Waals surface area (Å²) >= 11 is 0. The summed E-state index contributed by atoms with van der Waals surface area (Å²) in [7, 11) is 3.37. The van der Waals surface area contributed by atoms with Gasteiger partial charge in [-0.15, -0.1) is 24.0 Å². The third-order valence-electron chi connectivity index (χ3n) is 4.85. The molecule has 2 aromatic rings. The number of aromatic hydroxyl groups is 1. The second kappa shape index (κ2) is 11.0. The first-order valence-electron chi connectivity index (χ1n) is 9.32. The lowest BCUT2D eigenvalue weighted by Crippen LogP contribution is -2.45. The van der Waals surface area contributed by atoms with Crippen molar-refractivity contribution in [1.82, 2.24) is 10.6 Å². The topological polar surface area (TPSA) is 69.1 Å². The van der Waals surface area contributed by atoms with Crippen LogP contribution in [-0.4, -0.2) is 50.9 Å². The van der Waals surface area contributed by atoms with Crippen LogP contribution in [0.3, 0.4) is 0 Å². The van der Waals surface area contributed by atoms with Gasteiger partial charge in [0.25, 0.3) is 0 Å². The van der Waals surface area contributed by atoms with Gasteiger partial charge in [0.15, 0.2) is 5.96 Å². The predicted octanol–water partition coefficient (Wildman–Crippen LogP) is 3.01. The molecule has 7 heteroatoms. The highest BCUT2D eigenvalue weighted by Gasteiger charge is 2.23. The molecule has 0 radical (unpaired) electrons. The molecule has 1 fully saturated rings. The van der Waals surface area contributed by atoms with E-state index >= 15 is 0 Å². The molecule has 1 heterocycles. The monoisotopic (exact) mass is 496 g/mol. The number of aliphatic imine (C=N–C) groups is 1. The van der Waals surface area contributed by atoms with Gasteiger partial charge in [-0.2, -0.15) is 0 Å². The fraction of sp³-hybridized carbons (Fsp3) is 0.381. The number of rotatable bonds is 6. The fourth-order valence-corrected chi connectivity index (χ4v) is 3.34. The standard InChI is InChI=1S/C21H28N4O2.HI/c1-22-21(23-12-10-16-8-9-19(27-2)14-20(16)26)24-17-11-13-25(15-17)18-6-4-3-5-7-18;/h3-9,14,17,26H,10-13,15H2,1-2H3,(H2,22,23,24);1H. The van der Waals surface area contributed by atoms with Crippen molar-refractivity contribution in [3.8, 4) is 11.5 Å². The molecule has 2 aromatic carbocycles. The molecule has 0 amide bonds. The molecular formula is C21H29IN4O2. The van der Waals surface area contributed by atoms with E-state index in [1.54, 1.807) is 20.2 Å². The lowest BCUT2D eigenvalue weighted by molar-refractivity contribution is 0.406. The minimum absolute atomic E-state index is 0. The molecule has 0 saturated carbocycles. The van der Waals surface area contributed by atoms with Gasteiger partial charge in [0.05, 0.1) is 7.11 Å². The number of hydrogen-bond donors (Lipinski definition) is 3. The van der Waals surface area contributed by atoms with E-state index in [9.17, 15) is 5.11 Å². The number of guanidine groups is 1. The van der Waals surface area contributed by atoms with Crippen LogP contribution in [0.2, 0.25) is 0 Å². The van der Waals surface area contributed by atoms with Crippen LogP contribution < -0.4 is 20.3 Å². The molecule has 6 nitrogen and oxygen atoms in total. The highest BCUT2D eigenvalue weighted by atomic mass is 127. The van der Waals surface area contributed by atoms with Crippen LogP contribution in [0.5, 0.6) is 11.5 Å². The summed E-state index contributed by atoms with van der Waals surface area (Å²) in [5.41, 5.74) is 2.15. The average Bonchev–Trinajstić information content (AvgIpc) is 3.17. The Labute approximate surface area is 184 Å². The lowest BCUT2D eigenvalue weighted by atomic mass is 10.1. The maximum atomic E-state index is 10.1. The predicted molar refractivity (Wildman–Crippen MR) is 125 cm³/mol. The smallest absolute Gasteiger partial charge is 0.191 e. The Kier molecular flexibility index (Phi) is 8.69. The maximum absolute atomic E-state index is 10.1. The Morgan fingerprint density at radius 2 is 2.04 bits per heavy atom. The Morgan fingerprint density at radius 3 is 2.71 bits per heavy atom. The van der Waals surface area contributed by atoms with Gasteiger partial charge in [-0.25, -0.2) is 0 Å². The first-order chi connectivity index (χ1) is 13.2. The van der Waals surface area contributed by atoms with Gasteiger partial charge in [0, 0.05) is 44.5 Å². The number of phenols is 1. The van der Waals surface area contributed by atoms with Crippen LogP contribution in [0.4, 0.5) is 5.69 Å². The van der Waals surface area contributed by atoms with E-state index in [0.29, 0.717) is 24.8 Å². The number of ether oxygens (including phenoxy) is 1. The minimum atomic E-state index is 0. The van der Waals surface area contributed by atoms with Gasteiger partial charge in [0.1, 0.15) is 11.5 Å². The van der Waals surface area contributed by atoms with Crippen molar-refractivity contribution in [2.45, 2.75) is 18.9 Å². The summed E-state index contributed by atoms with van der Waals surface area (Å²) < 4.78 is 5.12. The van der Waals surface area contributed by atoms with Gasteiger partial charge in [0.2, 0.25) is 0 Å². The number of halogens is 1. The van der Waals surface area contributed by atoms with Crippen LogP contribution in [0.15, 0.2) is 53.5 Å². The molecule has 1 unspecified atom stereocenters. The van der Waals surface area contributed by atoms with Crippen LogP contribution >= 0.6 is 24.0 Å². The number of nitrogens with one attached hydrogen (secondary N) is 2. The fourth-order valence-electron chi connectivity index (χ4n) is 3.34. The number of benzene rings is 2. The summed E-state index contributed by atoms with van der Waals surface area (Å²) in [5, 5.41) is 16.9. The Hall–Kier alpha value is -2.16. The number of hydrogen-bond acceptors (Lipinski definition) is 4. The molecule has 0 spiro atoms. The molecular weight excluding hydrogens is 467 g/mol. The van der Waals surface area contributed by atoms with Crippen molar-refractivity contribution in [3.05, 3.63) is 54.1 Å². The number of para-hydroxylation sites is 1. The normalized spacial score (nSPS) is 16.4. The SMILES string of the molecule is CN=C(NCCc1ccc(OC)cc1O)NC1CCN(c2ccccc2)C1.I. The summed E-state index contributed by atoms with van der Waals surface area (Å²) in [5.74, 6) is 1.71. The van der Waals surface area contributed by atoms with Crippen molar-refractivity contribution in [2.24, 2.45) is 4.99 Å². The zero-order valence-corrected chi connectivity index (χ0v) is 18.7. The second-order valence-corrected chi connectivity index (χ2v) is 6.66. The van der Waals surface area contributed by atoms with E-state index in [1.165, 1.54) is 5.69 Å². The van der Waals surface area contributed by atoms with Crippen LogP contribution in [0.25, 0.3) is 0 Å². The van der Waals surface area contributed by atoms with Crippen LogP contribution in [0.1, 0.15) is 12.0 Å². The highest BCUT2D eigenvalue weighted by molar-refractivity contribution is 14.0. The van der Waals surface area contributed by atoms with Gasteiger partial charge >= 0.3 is 0 Å². The van der Waals surface area contributed by atoms with Gasteiger partial charge < -0.3 is 25.4 Å². The molecule has 1 aliphatic rings. The van der Waals surface area contributed by atoms with E-state index in [4.69, 9.17) is 4.74 Å². The first-order valence-corrected chi connectivity index (χ1v) is 9.32. The minimum Gasteiger partial charge on any atom is -0.508 e. The van der Waals surface area contributed by atoms with Gasteiger partial charge in [-0.1, -0.05) is 24.3 Å². The Morgan fingerprint density at radius 1 is 1.25 bits per heavy atom. The van der Waals surface area contributed by atoms with Crippen molar-refractivity contribution in [1.29, 1.82) is 0 Å². The third-order valence-corrected chi connectivity index (χ3v) is 4.85. The molecule has 0 aliphatic carbocycles. The van der Waals surface area contributed by atoms with Crippen molar-refractivity contribution in [3.63, 3.8) is 0 Å². The molecule has 1 atom stereocenters. The third kappa shape index (κ3) is 5.92. The largest absolute Gasteiger partial charge is 0.508 e. The summed E-state index contributed by atoms with van der Waals surface area (Å²) in [6, 6.07) is 16.2. The first kappa shape index (κ1) is 22.1. The van der Waals surface area contributed by atoms with E-state index in [-0.39, 0.29) is 29.7 Å².